The van der Waals surface area contributed by atoms with Crippen LogP contribution in [0.15, 0.2) is 83.4 Å². The van der Waals surface area contributed by atoms with Crippen LogP contribution in [0.1, 0.15) is 5.56 Å². The fraction of sp³-hybridized carbons (Fsp3) is 0.0417. The Bertz CT molecular complexity index is 1430. The Morgan fingerprint density at radius 1 is 0.741 bits per heavy atom. The second-order valence-electron chi connectivity index (χ2n) is 6.99. The van der Waals surface area contributed by atoms with Crippen molar-refractivity contribution >= 4 is 43.9 Å². The van der Waals surface area contributed by atoms with Crippen molar-refractivity contribution in [3.8, 4) is 5.69 Å². The summed E-state index contributed by atoms with van der Waals surface area (Å²) in [7, 11) is 0. The van der Waals surface area contributed by atoms with Crippen LogP contribution < -0.4 is 0 Å². The smallest absolute Gasteiger partial charge is 0.227 e. The average Bonchev–Trinajstić information content (AvgIpc) is 3.24. The van der Waals surface area contributed by atoms with Crippen LogP contribution in [0.3, 0.4) is 0 Å². The Kier molecular flexibility index (Phi) is 2.81. The molecule has 6 rings (SSSR count). The number of furan rings is 1. The van der Waals surface area contributed by atoms with Gasteiger partial charge >= 0.3 is 0 Å². The lowest BCUT2D eigenvalue weighted by Gasteiger charge is -2.08. The standard InChI is InChI=1S/C24H16N2O/c1-15-13-19-18-9-6-12-22(23(18)27-24(19)25-14-15)26-20-10-4-2-7-16(20)17-8-3-5-11-21(17)26/h2-14H,1H3. The van der Waals surface area contributed by atoms with Gasteiger partial charge in [0.1, 0.15) is 0 Å². The molecule has 0 aliphatic carbocycles. The molecule has 0 aliphatic heterocycles. The van der Waals surface area contributed by atoms with Gasteiger partial charge in [-0.25, -0.2) is 4.98 Å². The van der Waals surface area contributed by atoms with Crippen molar-refractivity contribution in [1.82, 2.24) is 9.55 Å². The van der Waals surface area contributed by atoms with Gasteiger partial charge in [-0.3, -0.25) is 0 Å². The van der Waals surface area contributed by atoms with Gasteiger partial charge in [0.15, 0.2) is 5.58 Å². The monoisotopic (exact) mass is 348 g/mol. The minimum atomic E-state index is 0.684. The maximum absolute atomic E-state index is 6.23. The van der Waals surface area contributed by atoms with E-state index in [0.717, 1.165) is 27.6 Å². The molecule has 3 aromatic heterocycles. The lowest BCUT2D eigenvalue weighted by atomic mass is 10.1. The minimum Gasteiger partial charge on any atom is -0.435 e. The predicted octanol–water partition coefficient (Wildman–Crippen LogP) is 6.39. The van der Waals surface area contributed by atoms with E-state index < -0.39 is 0 Å². The number of aryl methyl sites for hydroxylation is 1. The topological polar surface area (TPSA) is 31.0 Å². The van der Waals surface area contributed by atoms with E-state index >= 15 is 0 Å². The molecule has 3 heteroatoms. The molecule has 27 heavy (non-hydrogen) atoms. The first-order chi connectivity index (χ1) is 13.3. The van der Waals surface area contributed by atoms with Crippen LogP contribution in [0.4, 0.5) is 0 Å². The first-order valence-electron chi connectivity index (χ1n) is 9.08. The second kappa shape index (κ2) is 5.21. The second-order valence-corrected chi connectivity index (χ2v) is 6.99. The highest BCUT2D eigenvalue weighted by molar-refractivity contribution is 6.12. The molecule has 3 nitrogen and oxygen atoms in total. The molecule has 6 aromatic rings. The predicted molar refractivity (Wildman–Crippen MR) is 111 cm³/mol. The van der Waals surface area contributed by atoms with Crippen LogP contribution in [0.2, 0.25) is 0 Å². The molecule has 0 N–H and O–H groups in total. The molecule has 0 saturated heterocycles. The Balaban J connectivity index is 1.82. The van der Waals surface area contributed by atoms with Gasteiger partial charge < -0.3 is 8.98 Å². The molecular formula is C24H16N2O. The molecule has 0 unspecified atom stereocenters. The first-order valence-corrected chi connectivity index (χ1v) is 9.08. The summed E-state index contributed by atoms with van der Waals surface area (Å²) in [5.74, 6) is 0. The van der Waals surface area contributed by atoms with Gasteiger partial charge in [0.2, 0.25) is 5.71 Å². The summed E-state index contributed by atoms with van der Waals surface area (Å²) in [4.78, 5) is 4.49. The molecule has 0 atom stereocenters. The van der Waals surface area contributed by atoms with Crippen LogP contribution in [-0.2, 0) is 0 Å². The molecule has 128 valence electrons. The molecular weight excluding hydrogens is 332 g/mol. The summed E-state index contributed by atoms with van der Waals surface area (Å²) in [6, 6.07) is 25.5. The van der Waals surface area contributed by atoms with Crippen LogP contribution in [0, 0.1) is 6.92 Å². The van der Waals surface area contributed by atoms with Crippen molar-refractivity contribution in [2.75, 3.05) is 0 Å². The van der Waals surface area contributed by atoms with Crippen molar-refractivity contribution in [3.63, 3.8) is 0 Å². The Morgan fingerprint density at radius 2 is 1.41 bits per heavy atom. The van der Waals surface area contributed by atoms with Crippen LogP contribution in [-0.4, -0.2) is 9.55 Å². The van der Waals surface area contributed by atoms with Gasteiger partial charge in [0, 0.05) is 27.7 Å². The number of pyridine rings is 1. The minimum absolute atomic E-state index is 0.684. The summed E-state index contributed by atoms with van der Waals surface area (Å²) in [5.41, 5.74) is 6.08. The zero-order chi connectivity index (χ0) is 18.0. The number of hydrogen-bond donors (Lipinski definition) is 0. The highest BCUT2D eigenvalue weighted by Gasteiger charge is 2.17. The molecule has 0 fully saturated rings. The zero-order valence-electron chi connectivity index (χ0n) is 14.8. The molecule has 0 spiro atoms. The molecule has 0 saturated carbocycles. The van der Waals surface area contributed by atoms with E-state index in [1.54, 1.807) is 0 Å². The van der Waals surface area contributed by atoms with E-state index in [2.05, 4.69) is 89.3 Å². The van der Waals surface area contributed by atoms with Crippen molar-refractivity contribution in [3.05, 3.63) is 84.6 Å². The third-order valence-corrected chi connectivity index (χ3v) is 5.29. The number of fused-ring (bicyclic) bond motifs is 6. The summed E-state index contributed by atoms with van der Waals surface area (Å²) in [5, 5.41) is 4.65. The lowest BCUT2D eigenvalue weighted by molar-refractivity contribution is 0.651. The maximum Gasteiger partial charge on any atom is 0.227 e. The van der Waals surface area contributed by atoms with Crippen LogP contribution in [0.25, 0.3) is 49.6 Å². The number of hydrogen-bond acceptors (Lipinski definition) is 2. The molecule has 3 aromatic carbocycles. The first kappa shape index (κ1) is 14.6. The summed E-state index contributed by atoms with van der Waals surface area (Å²) < 4.78 is 8.52. The fourth-order valence-corrected chi connectivity index (χ4v) is 4.13. The summed E-state index contributed by atoms with van der Waals surface area (Å²) in [6.07, 6.45) is 1.85. The third-order valence-electron chi connectivity index (χ3n) is 5.29. The highest BCUT2D eigenvalue weighted by Crippen LogP contribution is 2.37. The van der Waals surface area contributed by atoms with Crippen molar-refractivity contribution in [2.24, 2.45) is 0 Å². The number of para-hydroxylation sites is 3. The number of rotatable bonds is 1. The van der Waals surface area contributed by atoms with Crippen molar-refractivity contribution in [1.29, 1.82) is 0 Å². The molecule has 0 bridgehead atoms. The van der Waals surface area contributed by atoms with E-state index in [-0.39, 0.29) is 0 Å². The lowest BCUT2D eigenvalue weighted by Crippen LogP contribution is -1.93. The molecule has 0 radical (unpaired) electrons. The van der Waals surface area contributed by atoms with Gasteiger partial charge in [0.25, 0.3) is 0 Å². The quantitative estimate of drug-likeness (QED) is 0.345. The third kappa shape index (κ3) is 1.94. The molecule has 0 aliphatic rings. The van der Waals surface area contributed by atoms with Gasteiger partial charge in [-0.15, -0.1) is 0 Å². The van der Waals surface area contributed by atoms with Gasteiger partial charge in [-0.1, -0.05) is 48.5 Å². The highest BCUT2D eigenvalue weighted by atomic mass is 16.3. The fourth-order valence-electron chi connectivity index (χ4n) is 4.13. The number of benzene rings is 3. The number of aromatic nitrogens is 2. The maximum atomic E-state index is 6.23. The van der Waals surface area contributed by atoms with Crippen LogP contribution in [0.5, 0.6) is 0 Å². The summed E-state index contributed by atoms with van der Waals surface area (Å²) in [6.45, 7) is 2.06. The van der Waals surface area contributed by atoms with Gasteiger partial charge in [-0.05, 0) is 36.8 Å². The Hall–Kier alpha value is -3.59. The van der Waals surface area contributed by atoms with Gasteiger partial charge in [0.05, 0.1) is 16.7 Å². The molecule has 0 amide bonds. The van der Waals surface area contributed by atoms with E-state index in [0.29, 0.717) is 5.71 Å². The van der Waals surface area contributed by atoms with E-state index in [4.69, 9.17) is 4.42 Å². The molecule has 3 heterocycles. The van der Waals surface area contributed by atoms with E-state index in [1.807, 2.05) is 6.20 Å². The average molecular weight is 348 g/mol. The van der Waals surface area contributed by atoms with E-state index in [9.17, 15) is 0 Å². The van der Waals surface area contributed by atoms with E-state index in [1.165, 1.54) is 21.8 Å². The summed E-state index contributed by atoms with van der Waals surface area (Å²) >= 11 is 0. The van der Waals surface area contributed by atoms with Gasteiger partial charge in [-0.2, -0.15) is 0 Å². The zero-order valence-corrected chi connectivity index (χ0v) is 14.8. The van der Waals surface area contributed by atoms with Crippen molar-refractivity contribution in [2.45, 2.75) is 6.92 Å². The normalized spacial score (nSPS) is 11.9. The SMILES string of the molecule is Cc1cnc2oc3c(-n4c5ccccc5c5ccccc54)cccc3c2c1. The Labute approximate surface area is 155 Å². The Morgan fingerprint density at radius 3 is 2.15 bits per heavy atom. The van der Waals surface area contributed by atoms with Crippen LogP contribution >= 0.6 is 0 Å². The number of nitrogens with zero attached hydrogens (tertiary/aromatic N) is 2. The largest absolute Gasteiger partial charge is 0.435 e. The van der Waals surface area contributed by atoms with Crippen molar-refractivity contribution < 1.29 is 4.42 Å².